The Morgan fingerprint density at radius 1 is 1.37 bits per heavy atom. The highest BCUT2D eigenvalue weighted by molar-refractivity contribution is 5.86. The predicted octanol–water partition coefficient (Wildman–Crippen LogP) is 1.25. The number of carbonyl (C=O) groups is 1. The molecule has 0 radical (unpaired) electrons. The molecule has 98 valence electrons. The zero-order chi connectivity index (χ0) is 13.6. The van der Waals surface area contributed by atoms with Crippen molar-refractivity contribution in [3.8, 4) is 11.3 Å². The van der Waals surface area contributed by atoms with Crippen molar-refractivity contribution in [2.75, 3.05) is 0 Å². The van der Waals surface area contributed by atoms with Crippen LogP contribution in [0.4, 0.5) is 0 Å². The number of rotatable bonds is 3. The van der Waals surface area contributed by atoms with E-state index in [-0.39, 0.29) is 5.69 Å². The van der Waals surface area contributed by atoms with E-state index in [2.05, 4.69) is 10.1 Å². The van der Waals surface area contributed by atoms with Crippen LogP contribution < -0.4 is 0 Å². The lowest BCUT2D eigenvalue weighted by Crippen LogP contribution is -2.04. The van der Waals surface area contributed by atoms with E-state index in [1.807, 2.05) is 17.8 Å². The maximum absolute atomic E-state index is 11.0. The Bertz CT molecular complexity index is 764. The minimum absolute atomic E-state index is 0.207. The second-order valence-electron chi connectivity index (χ2n) is 4.30. The monoisotopic (exact) mass is 259 g/mol. The molecule has 0 aliphatic heterocycles. The number of aromatic carboxylic acids is 1. The molecule has 7 heteroatoms. The fourth-order valence-electron chi connectivity index (χ4n) is 2.06. The van der Waals surface area contributed by atoms with Crippen LogP contribution in [0.15, 0.2) is 24.8 Å². The lowest BCUT2D eigenvalue weighted by molar-refractivity contribution is 0.0686. The van der Waals surface area contributed by atoms with Crippen LogP contribution in [0.5, 0.6) is 0 Å². The maximum atomic E-state index is 11.0. The number of nitrogens with zero attached hydrogens (tertiary/aromatic N) is 5. The summed E-state index contributed by atoms with van der Waals surface area (Å²) in [5.41, 5.74) is 1.91. The summed E-state index contributed by atoms with van der Waals surface area (Å²) in [6.45, 7) is 2.82. The number of hydrogen-bond donors (Lipinski definition) is 1. The van der Waals surface area contributed by atoms with Gasteiger partial charge in [0.15, 0.2) is 0 Å². The van der Waals surface area contributed by atoms with E-state index in [9.17, 15) is 4.79 Å². The predicted molar refractivity (Wildman–Crippen MR) is 68.0 cm³/mol. The van der Waals surface area contributed by atoms with Gasteiger partial charge in [0.05, 0.1) is 11.9 Å². The van der Waals surface area contributed by atoms with Crippen molar-refractivity contribution in [2.24, 2.45) is 7.05 Å². The molecular formula is C12H13N5O2. The SMILES string of the molecule is CCn1cc(-c2cn3cc(C(=O)O)n(C)c3n2)cn1. The number of aryl methyl sites for hydroxylation is 2. The average molecular weight is 259 g/mol. The Morgan fingerprint density at radius 2 is 2.16 bits per heavy atom. The van der Waals surface area contributed by atoms with Crippen LogP contribution in [-0.2, 0) is 13.6 Å². The van der Waals surface area contributed by atoms with Crippen molar-refractivity contribution in [3.63, 3.8) is 0 Å². The second-order valence-corrected chi connectivity index (χ2v) is 4.30. The molecule has 0 fully saturated rings. The van der Waals surface area contributed by atoms with E-state index in [1.165, 1.54) is 0 Å². The Hall–Kier alpha value is -2.57. The zero-order valence-corrected chi connectivity index (χ0v) is 10.6. The van der Waals surface area contributed by atoms with Crippen LogP contribution in [0, 0.1) is 0 Å². The molecule has 3 aromatic heterocycles. The largest absolute Gasteiger partial charge is 0.477 e. The summed E-state index contributed by atoms with van der Waals surface area (Å²) in [7, 11) is 1.69. The first kappa shape index (κ1) is 11.5. The third kappa shape index (κ3) is 1.70. The summed E-state index contributed by atoms with van der Waals surface area (Å²) in [5, 5.41) is 13.2. The molecule has 0 aliphatic rings. The minimum atomic E-state index is -0.964. The van der Waals surface area contributed by atoms with Gasteiger partial charge in [-0.3, -0.25) is 9.08 Å². The second kappa shape index (κ2) is 3.98. The molecule has 0 saturated heterocycles. The number of fused-ring (bicyclic) bond motifs is 1. The first-order valence-corrected chi connectivity index (χ1v) is 5.90. The maximum Gasteiger partial charge on any atom is 0.354 e. The number of imidazole rings is 2. The van der Waals surface area contributed by atoms with E-state index in [0.29, 0.717) is 5.78 Å². The third-order valence-corrected chi connectivity index (χ3v) is 3.11. The van der Waals surface area contributed by atoms with Gasteiger partial charge < -0.3 is 9.67 Å². The van der Waals surface area contributed by atoms with Gasteiger partial charge in [-0.2, -0.15) is 5.10 Å². The van der Waals surface area contributed by atoms with Crippen molar-refractivity contribution >= 4 is 11.7 Å². The van der Waals surface area contributed by atoms with Crippen LogP contribution in [0.2, 0.25) is 0 Å². The summed E-state index contributed by atoms with van der Waals surface area (Å²) in [4.78, 5) is 15.5. The molecule has 7 nitrogen and oxygen atoms in total. The van der Waals surface area contributed by atoms with Gasteiger partial charge in [0, 0.05) is 37.7 Å². The molecular weight excluding hydrogens is 246 g/mol. The first-order chi connectivity index (χ1) is 9.10. The molecule has 19 heavy (non-hydrogen) atoms. The molecule has 0 aromatic carbocycles. The van der Waals surface area contributed by atoms with Crippen molar-refractivity contribution in [1.29, 1.82) is 0 Å². The van der Waals surface area contributed by atoms with E-state index in [1.54, 1.807) is 34.6 Å². The number of aromatic nitrogens is 5. The van der Waals surface area contributed by atoms with Gasteiger partial charge in [0.2, 0.25) is 5.78 Å². The quantitative estimate of drug-likeness (QED) is 0.768. The van der Waals surface area contributed by atoms with Gasteiger partial charge >= 0.3 is 5.97 Å². The zero-order valence-electron chi connectivity index (χ0n) is 10.6. The van der Waals surface area contributed by atoms with Gasteiger partial charge in [-0.1, -0.05) is 0 Å². The highest BCUT2D eigenvalue weighted by Gasteiger charge is 2.15. The van der Waals surface area contributed by atoms with Crippen LogP contribution in [0.1, 0.15) is 17.4 Å². The van der Waals surface area contributed by atoms with Crippen LogP contribution in [0.25, 0.3) is 17.0 Å². The Kier molecular flexibility index (Phi) is 2.41. The summed E-state index contributed by atoms with van der Waals surface area (Å²) in [6, 6.07) is 0. The molecule has 0 saturated carbocycles. The fraction of sp³-hybridized carbons (Fsp3) is 0.250. The molecule has 0 atom stereocenters. The van der Waals surface area contributed by atoms with Gasteiger partial charge in [-0.25, -0.2) is 9.78 Å². The number of carboxylic acids is 1. The molecule has 1 N–H and O–H groups in total. The van der Waals surface area contributed by atoms with Gasteiger partial charge in [-0.05, 0) is 6.92 Å². The van der Waals surface area contributed by atoms with Crippen molar-refractivity contribution < 1.29 is 9.90 Å². The summed E-state index contributed by atoms with van der Waals surface area (Å²) in [5.74, 6) is -0.370. The molecule has 3 heterocycles. The van der Waals surface area contributed by atoms with Crippen LogP contribution >= 0.6 is 0 Å². The Balaban J connectivity index is 2.10. The van der Waals surface area contributed by atoms with Crippen molar-refractivity contribution in [3.05, 3.63) is 30.5 Å². The highest BCUT2D eigenvalue weighted by Crippen LogP contribution is 2.19. The number of carboxylic acid groups (broad SMARTS) is 1. The van der Waals surface area contributed by atoms with E-state index < -0.39 is 5.97 Å². The lowest BCUT2D eigenvalue weighted by atomic mass is 10.3. The molecule has 0 spiro atoms. The summed E-state index contributed by atoms with van der Waals surface area (Å²) >= 11 is 0. The molecule has 0 unspecified atom stereocenters. The minimum Gasteiger partial charge on any atom is -0.477 e. The van der Waals surface area contributed by atoms with E-state index in [0.717, 1.165) is 17.8 Å². The van der Waals surface area contributed by atoms with E-state index in [4.69, 9.17) is 5.11 Å². The van der Waals surface area contributed by atoms with Gasteiger partial charge in [-0.15, -0.1) is 0 Å². The molecule has 3 rings (SSSR count). The fourth-order valence-corrected chi connectivity index (χ4v) is 2.06. The standard InChI is InChI=1S/C12H13N5O2/c1-3-17-5-8(4-13-17)9-6-16-7-10(11(18)19)15(2)12(16)14-9/h4-7H,3H2,1-2H3,(H,18,19). The average Bonchev–Trinajstić information content (AvgIpc) is 3.04. The lowest BCUT2D eigenvalue weighted by Gasteiger charge is -1.95. The summed E-state index contributed by atoms with van der Waals surface area (Å²) < 4.78 is 5.08. The molecule has 0 aliphatic carbocycles. The molecule has 0 bridgehead atoms. The Labute approximate surface area is 108 Å². The highest BCUT2D eigenvalue weighted by atomic mass is 16.4. The van der Waals surface area contributed by atoms with Crippen molar-refractivity contribution in [2.45, 2.75) is 13.5 Å². The normalized spacial score (nSPS) is 11.3. The Morgan fingerprint density at radius 3 is 2.74 bits per heavy atom. The molecule has 0 amide bonds. The van der Waals surface area contributed by atoms with E-state index >= 15 is 0 Å². The van der Waals surface area contributed by atoms with Crippen LogP contribution in [-0.4, -0.2) is 34.8 Å². The van der Waals surface area contributed by atoms with Crippen molar-refractivity contribution in [1.82, 2.24) is 23.7 Å². The number of hydrogen-bond acceptors (Lipinski definition) is 3. The first-order valence-electron chi connectivity index (χ1n) is 5.90. The third-order valence-electron chi connectivity index (χ3n) is 3.11. The van der Waals surface area contributed by atoms with Crippen LogP contribution in [0.3, 0.4) is 0 Å². The van der Waals surface area contributed by atoms with Gasteiger partial charge in [0.25, 0.3) is 0 Å². The van der Waals surface area contributed by atoms with Gasteiger partial charge in [0.1, 0.15) is 5.69 Å². The molecule has 3 aromatic rings. The summed E-state index contributed by atoms with van der Waals surface area (Å²) in [6.07, 6.45) is 7.03. The topological polar surface area (TPSA) is 77.4 Å². The smallest absolute Gasteiger partial charge is 0.354 e.